The second-order valence-electron chi connectivity index (χ2n) is 7.18. The molecule has 1 atom stereocenters. The van der Waals surface area contributed by atoms with Gasteiger partial charge in [-0.05, 0) is 55.4 Å². The third-order valence-electron chi connectivity index (χ3n) is 5.61. The lowest BCUT2D eigenvalue weighted by Crippen LogP contribution is -2.40. The van der Waals surface area contributed by atoms with Gasteiger partial charge < -0.3 is 9.80 Å². The van der Waals surface area contributed by atoms with E-state index in [-0.39, 0.29) is 11.9 Å². The molecule has 1 aliphatic heterocycles. The summed E-state index contributed by atoms with van der Waals surface area (Å²) in [5, 5.41) is 0. The Morgan fingerprint density at radius 1 is 1.12 bits per heavy atom. The van der Waals surface area contributed by atoms with E-state index < -0.39 is 0 Å². The van der Waals surface area contributed by atoms with Crippen LogP contribution in [0.25, 0.3) is 0 Å². The molecule has 0 spiro atoms. The first-order valence-electron chi connectivity index (χ1n) is 9.27. The van der Waals surface area contributed by atoms with Crippen LogP contribution in [0.5, 0.6) is 0 Å². The van der Waals surface area contributed by atoms with Crippen molar-refractivity contribution in [2.45, 2.75) is 38.1 Å². The molecule has 0 unspecified atom stereocenters. The molecule has 4 heteroatoms. The summed E-state index contributed by atoms with van der Waals surface area (Å²) in [6.45, 7) is 2.14. The van der Waals surface area contributed by atoms with E-state index >= 15 is 0 Å². The average molecular weight is 335 g/mol. The van der Waals surface area contributed by atoms with Gasteiger partial charge in [0.05, 0.1) is 5.56 Å². The fourth-order valence-corrected chi connectivity index (χ4v) is 4.02. The van der Waals surface area contributed by atoms with Crippen LogP contribution in [0.3, 0.4) is 0 Å². The highest BCUT2D eigenvalue weighted by Gasteiger charge is 2.26. The quantitative estimate of drug-likeness (QED) is 0.863. The van der Waals surface area contributed by atoms with Crippen molar-refractivity contribution in [3.63, 3.8) is 0 Å². The number of rotatable bonds is 3. The zero-order chi connectivity index (χ0) is 17.2. The molecule has 2 heterocycles. The lowest BCUT2D eigenvalue weighted by Gasteiger charge is -2.32. The Labute approximate surface area is 149 Å². The number of benzene rings is 1. The Balaban J connectivity index is 1.45. The SMILES string of the molecule is CN(C(=O)c1ccc(N2CCCC2)nc1)[C@H]1CCc2ccccc2C1. The largest absolute Gasteiger partial charge is 0.357 e. The predicted molar refractivity (Wildman–Crippen MR) is 100 cm³/mol. The topological polar surface area (TPSA) is 36.4 Å². The smallest absolute Gasteiger partial charge is 0.255 e. The van der Waals surface area contributed by atoms with Crippen molar-refractivity contribution < 1.29 is 4.79 Å². The molecule has 1 saturated heterocycles. The molecule has 2 aromatic rings. The number of fused-ring (bicyclic) bond motifs is 1. The van der Waals surface area contributed by atoms with E-state index in [0.29, 0.717) is 5.56 Å². The van der Waals surface area contributed by atoms with Crippen LogP contribution in [0.4, 0.5) is 5.82 Å². The number of aromatic nitrogens is 1. The number of carbonyl (C=O) groups excluding carboxylic acids is 1. The maximum Gasteiger partial charge on any atom is 0.255 e. The summed E-state index contributed by atoms with van der Waals surface area (Å²) in [5.74, 6) is 1.06. The molecule has 1 aromatic carbocycles. The number of amides is 1. The third kappa shape index (κ3) is 3.26. The van der Waals surface area contributed by atoms with Gasteiger partial charge in [-0.1, -0.05) is 24.3 Å². The highest BCUT2D eigenvalue weighted by molar-refractivity contribution is 5.94. The minimum absolute atomic E-state index is 0.0739. The van der Waals surface area contributed by atoms with Gasteiger partial charge >= 0.3 is 0 Å². The molecule has 25 heavy (non-hydrogen) atoms. The molecule has 0 N–H and O–H groups in total. The zero-order valence-corrected chi connectivity index (χ0v) is 14.8. The molecule has 1 amide bonds. The molecule has 1 fully saturated rings. The van der Waals surface area contributed by atoms with Gasteiger partial charge in [-0.2, -0.15) is 0 Å². The molecule has 0 saturated carbocycles. The fraction of sp³-hybridized carbons (Fsp3) is 0.429. The maximum atomic E-state index is 12.9. The van der Waals surface area contributed by atoms with Crippen LogP contribution in [0.2, 0.25) is 0 Å². The fourth-order valence-electron chi connectivity index (χ4n) is 4.02. The van der Waals surface area contributed by atoms with Crippen LogP contribution >= 0.6 is 0 Å². The predicted octanol–water partition coefficient (Wildman–Crippen LogP) is 3.31. The van der Waals surface area contributed by atoms with Crippen molar-refractivity contribution in [3.8, 4) is 0 Å². The summed E-state index contributed by atoms with van der Waals surface area (Å²) in [6, 6.07) is 12.8. The van der Waals surface area contributed by atoms with Crippen LogP contribution in [0.1, 0.15) is 40.7 Å². The van der Waals surface area contributed by atoms with Crippen molar-refractivity contribution in [1.82, 2.24) is 9.88 Å². The first-order chi connectivity index (χ1) is 12.2. The van der Waals surface area contributed by atoms with Crippen LogP contribution in [-0.2, 0) is 12.8 Å². The first-order valence-corrected chi connectivity index (χ1v) is 9.27. The van der Waals surface area contributed by atoms with Crippen molar-refractivity contribution in [2.24, 2.45) is 0 Å². The Morgan fingerprint density at radius 2 is 1.88 bits per heavy atom. The minimum atomic E-state index is 0.0739. The van der Waals surface area contributed by atoms with E-state index in [1.807, 2.05) is 24.1 Å². The number of likely N-dealkylation sites (N-methyl/N-ethyl adjacent to an activating group) is 1. The Hall–Kier alpha value is -2.36. The monoisotopic (exact) mass is 335 g/mol. The molecule has 2 aliphatic rings. The molecule has 1 aromatic heterocycles. The Morgan fingerprint density at radius 3 is 2.60 bits per heavy atom. The van der Waals surface area contributed by atoms with Gasteiger partial charge in [-0.3, -0.25) is 4.79 Å². The van der Waals surface area contributed by atoms with Crippen molar-refractivity contribution in [1.29, 1.82) is 0 Å². The van der Waals surface area contributed by atoms with E-state index in [9.17, 15) is 4.79 Å². The Bertz CT molecular complexity index is 750. The molecule has 1 aliphatic carbocycles. The molecular formula is C21H25N3O. The van der Waals surface area contributed by atoms with Crippen LogP contribution in [0.15, 0.2) is 42.6 Å². The summed E-state index contributed by atoms with van der Waals surface area (Å²) in [4.78, 5) is 21.6. The average Bonchev–Trinajstić information content (AvgIpc) is 3.21. The van der Waals surface area contributed by atoms with Crippen molar-refractivity contribution in [3.05, 3.63) is 59.3 Å². The molecule has 4 nitrogen and oxygen atoms in total. The van der Waals surface area contributed by atoms with Gasteiger partial charge in [0.1, 0.15) is 5.82 Å². The van der Waals surface area contributed by atoms with Gasteiger partial charge in [0.15, 0.2) is 0 Å². The third-order valence-corrected chi connectivity index (χ3v) is 5.61. The van der Waals surface area contributed by atoms with Crippen LogP contribution < -0.4 is 4.90 Å². The van der Waals surface area contributed by atoms with E-state index in [0.717, 1.165) is 38.2 Å². The summed E-state index contributed by atoms with van der Waals surface area (Å²) in [5.41, 5.74) is 3.49. The summed E-state index contributed by atoms with van der Waals surface area (Å²) >= 11 is 0. The zero-order valence-electron chi connectivity index (χ0n) is 14.8. The number of aryl methyl sites for hydroxylation is 1. The highest BCUT2D eigenvalue weighted by Crippen LogP contribution is 2.25. The maximum absolute atomic E-state index is 12.9. The molecule has 4 rings (SSSR count). The number of carbonyl (C=O) groups is 1. The van der Waals surface area contributed by atoms with E-state index in [2.05, 4.69) is 34.1 Å². The molecule has 0 radical (unpaired) electrons. The van der Waals surface area contributed by atoms with Gasteiger partial charge in [-0.25, -0.2) is 4.98 Å². The summed E-state index contributed by atoms with van der Waals surface area (Å²) < 4.78 is 0. The normalized spacial score (nSPS) is 19.6. The summed E-state index contributed by atoms with van der Waals surface area (Å²) in [6.07, 6.45) is 7.21. The lowest BCUT2D eigenvalue weighted by atomic mass is 9.87. The van der Waals surface area contributed by atoms with Gasteiger partial charge in [0.2, 0.25) is 0 Å². The summed E-state index contributed by atoms with van der Waals surface area (Å²) in [7, 11) is 1.93. The standard InChI is InChI=1S/C21H25N3O/c1-23(19-10-8-16-6-2-3-7-17(16)14-19)21(25)18-9-11-20(22-15-18)24-12-4-5-13-24/h2-3,6-7,9,11,15,19H,4-5,8,10,12-14H2,1H3/t19-/m0/s1. The van der Waals surface area contributed by atoms with Crippen molar-refractivity contribution >= 4 is 11.7 Å². The Kier molecular flexibility index (Phi) is 4.43. The second-order valence-corrected chi connectivity index (χ2v) is 7.18. The number of nitrogens with zero attached hydrogens (tertiary/aromatic N) is 3. The highest BCUT2D eigenvalue weighted by atomic mass is 16.2. The number of pyridine rings is 1. The van der Waals surface area contributed by atoms with E-state index in [1.165, 1.54) is 24.0 Å². The molecule has 0 bridgehead atoms. The lowest BCUT2D eigenvalue weighted by molar-refractivity contribution is 0.0718. The number of hydrogen-bond acceptors (Lipinski definition) is 3. The minimum Gasteiger partial charge on any atom is -0.357 e. The number of anilines is 1. The van der Waals surface area contributed by atoms with Crippen LogP contribution in [-0.4, -0.2) is 42.0 Å². The van der Waals surface area contributed by atoms with Gasteiger partial charge in [0, 0.05) is 32.4 Å². The molecular weight excluding hydrogens is 310 g/mol. The molecule has 130 valence electrons. The van der Waals surface area contributed by atoms with Gasteiger partial charge in [-0.15, -0.1) is 0 Å². The first kappa shape index (κ1) is 16.1. The second kappa shape index (κ2) is 6.87. The van der Waals surface area contributed by atoms with Gasteiger partial charge in [0.25, 0.3) is 5.91 Å². The van der Waals surface area contributed by atoms with E-state index in [4.69, 9.17) is 0 Å². The number of hydrogen-bond donors (Lipinski definition) is 0. The van der Waals surface area contributed by atoms with E-state index in [1.54, 1.807) is 6.20 Å². The van der Waals surface area contributed by atoms with Crippen molar-refractivity contribution in [2.75, 3.05) is 25.0 Å². The van der Waals surface area contributed by atoms with Crippen LogP contribution in [0, 0.1) is 0 Å².